The third-order valence-electron chi connectivity index (χ3n) is 4.50. The Morgan fingerprint density at radius 3 is 2.95 bits per heavy atom. The van der Waals surface area contributed by atoms with Gasteiger partial charge in [0.2, 0.25) is 11.8 Å². The van der Waals surface area contributed by atoms with Crippen LogP contribution in [0.15, 0.2) is 24.3 Å². The summed E-state index contributed by atoms with van der Waals surface area (Å²) in [6.07, 6.45) is 1.19. The predicted octanol–water partition coefficient (Wildman–Crippen LogP) is 1.43. The van der Waals surface area contributed by atoms with Gasteiger partial charge in [-0.2, -0.15) is 0 Å². The summed E-state index contributed by atoms with van der Waals surface area (Å²) in [7, 11) is 1.49. The van der Waals surface area contributed by atoms with Gasteiger partial charge < -0.3 is 14.5 Å². The van der Waals surface area contributed by atoms with Crippen molar-refractivity contribution in [3.05, 3.63) is 30.1 Å². The molecule has 2 amide bonds. The van der Waals surface area contributed by atoms with Crippen LogP contribution in [0.1, 0.15) is 12.8 Å². The minimum atomic E-state index is -0.352. The largest absolute Gasteiger partial charge is 0.375 e. The predicted molar refractivity (Wildman–Crippen MR) is 78.9 cm³/mol. The summed E-state index contributed by atoms with van der Waals surface area (Å²) in [6, 6.07) is 6.08. The molecule has 0 N–H and O–H groups in total. The van der Waals surface area contributed by atoms with Crippen LogP contribution in [0.25, 0.3) is 0 Å². The smallest absolute Gasteiger partial charge is 0.248 e. The van der Waals surface area contributed by atoms with Gasteiger partial charge in [-0.3, -0.25) is 9.59 Å². The second kappa shape index (κ2) is 5.68. The van der Waals surface area contributed by atoms with Crippen LogP contribution in [0.4, 0.5) is 10.1 Å². The van der Waals surface area contributed by atoms with E-state index in [9.17, 15) is 14.0 Å². The first-order chi connectivity index (χ1) is 10.5. The molecule has 0 aliphatic carbocycles. The summed E-state index contributed by atoms with van der Waals surface area (Å²) in [6.45, 7) is 1.81. The average Bonchev–Trinajstić information content (AvgIpc) is 3.03. The summed E-state index contributed by atoms with van der Waals surface area (Å²) in [5.41, 5.74) is 0.371. The number of carbonyl (C=O) groups is 2. The molecule has 0 bridgehead atoms. The van der Waals surface area contributed by atoms with Crippen molar-refractivity contribution in [1.29, 1.82) is 0 Å². The van der Waals surface area contributed by atoms with Crippen LogP contribution < -0.4 is 4.90 Å². The second-order valence-electron chi connectivity index (χ2n) is 6.13. The van der Waals surface area contributed by atoms with Crippen molar-refractivity contribution in [3.8, 4) is 0 Å². The molecular weight excluding hydrogens is 287 g/mol. The van der Waals surface area contributed by atoms with E-state index >= 15 is 0 Å². The number of carbonyl (C=O) groups excluding carboxylic acids is 2. The maximum atomic E-state index is 13.4. The van der Waals surface area contributed by atoms with Gasteiger partial charge in [-0.05, 0) is 24.6 Å². The Labute approximate surface area is 128 Å². The van der Waals surface area contributed by atoms with Crippen LogP contribution in [-0.2, 0) is 14.3 Å². The fourth-order valence-electron chi connectivity index (χ4n) is 3.41. The Kier molecular flexibility index (Phi) is 3.87. The molecule has 0 radical (unpaired) electrons. The van der Waals surface area contributed by atoms with E-state index in [1.165, 1.54) is 19.2 Å². The van der Waals surface area contributed by atoms with E-state index in [0.717, 1.165) is 6.42 Å². The van der Waals surface area contributed by atoms with Gasteiger partial charge in [0.1, 0.15) is 12.4 Å². The minimum absolute atomic E-state index is 0.00774. The molecule has 3 rings (SSSR count). The zero-order valence-electron chi connectivity index (χ0n) is 12.5. The van der Waals surface area contributed by atoms with Crippen molar-refractivity contribution < 1.29 is 18.7 Å². The lowest BCUT2D eigenvalue weighted by atomic mass is 9.86. The molecule has 6 heteroatoms. The van der Waals surface area contributed by atoms with Gasteiger partial charge in [-0.15, -0.1) is 0 Å². The zero-order valence-corrected chi connectivity index (χ0v) is 12.5. The number of methoxy groups -OCH3 is 1. The van der Waals surface area contributed by atoms with E-state index in [4.69, 9.17) is 4.74 Å². The molecule has 118 valence electrons. The number of anilines is 1. The first-order valence-electron chi connectivity index (χ1n) is 7.36. The quantitative estimate of drug-likeness (QED) is 0.849. The van der Waals surface area contributed by atoms with E-state index in [2.05, 4.69) is 0 Å². The first kappa shape index (κ1) is 15.0. The van der Waals surface area contributed by atoms with Gasteiger partial charge in [0, 0.05) is 44.3 Å². The number of rotatable bonds is 3. The van der Waals surface area contributed by atoms with Gasteiger partial charge in [0.25, 0.3) is 0 Å². The summed E-state index contributed by atoms with van der Waals surface area (Å²) in [5.74, 6) is -0.405. The normalized spacial score (nSPS) is 24.5. The van der Waals surface area contributed by atoms with Crippen LogP contribution >= 0.6 is 0 Å². The van der Waals surface area contributed by atoms with E-state index in [-0.39, 0.29) is 29.7 Å². The van der Waals surface area contributed by atoms with Gasteiger partial charge in [-0.25, -0.2) is 4.39 Å². The second-order valence-corrected chi connectivity index (χ2v) is 6.13. The van der Waals surface area contributed by atoms with Crippen LogP contribution in [-0.4, -0.2) is 50.1 Å². The minimum Gasteiger partial charge on any atom is -0.375 e. The molecule has 1 spiro atoms. The van der Waals surface area contributed by atoms with Crippen LogP contribution in [0.2, 0.25) is 0 Å². The fraction of sp³-hybridized carbons (Fsp3) is 0.500. The monoisotopic (exact) mass is 306 g/mol. The lowest BCUT2D eigenvalue weighted by Crippen LogP contribution is -2.35. The zero-order chi connectivity index (χ0) is 15.7. The lowest BCUT2D eigenvalue weighted by molar-refractivity contribution is -0.134. The van der Waals surface area contributed by atoms with E-state index in [1.807, 2.05) is 0 Å². The van der Waals surface area contributed by atoms with Crippen molar-refractivity contribution >= 4 is 17.5 Å². The SMILES string of the molecule is COCC(=O)N1CC[C@@]2(CC(=O)N(c3cccc(F)c3)C2)C1. The van der Waals surface area contributed by atoms with Crippen molar-refractivity contribution in [2.45, 2.75) is 12.8 Å². The Morgan fingerprint density at radius 1 is 1.41 bits per heavy atom. The Hall–Kier alpha value is -1.95. The summed E-state index contributed by atoms with van der Waals surface area (Å²) in [4.78, 5) is 27.6. The van der Waals surface area contributed by atoms with Crippen LogP contribution in [0.3, 0.4) is 0 Å². The number of ether oxygens (including phenoxy) is 1. The number of halogens is 1. The highest BCUT2D eigenvalue weighted by Gasteiger charge is 2.48. The van der Waals surface area contributed by atoms with Gasteiger partial charge in [0.15, 0.2) is 0 Å². The molecular formula is C16H19FN2O3. The number of nitrogens with zero attached hydrogens (tertiary/aromatic N) is 2. The van der Waals surface area contributed by atoms with Crippen molar-refractivity contribution in [2.75, 3.05) is 38.3 Å². The van der Waals surface area contributed by atoms with E-state index in [0.29, 0.717) is 31.7 Å². The number of hydrogen-bond donors (Lipinski definition) is 0. The number of benzene rings is 1. The number of amides is 2. The maximum Gasteiger partial charge on any atom is 0.248 e. The summed E-state index contributed by atoms with van der Waals surface area (Å²) >= 11 is 0. The molecule has 2 fully saturated rings. The van der Waals surface area contributed by atoms with Gasteiger partial charge >= 0.3 is 0 Å². The van der Waals surface area contributed by atoms with Crippen molar-refractivity contribution in [2.24, 2.45) is 5.41 Å². The van der Waals surface area contributed by atoms with Gasteiger partial charge in [0.05, 0.1) is 0 Å². The Bertz CT molecular complexity index is 607. The molecule has 0 unspecified atom stereocenters. The number of hydrogen-bond acceptors (Lipinski definition) is 3. The third-order valence-corrected chi connectivity index (χ3v) is 4.50. The topological polar surface area (TPSA) is 49.9 Å². The van der Waals surface area contributed by atoms with Crippen LogP contribution in [0, 0.1) is 11.2 Å². The molecule has 1 atom stereocenters. The number of likely N-dealkylation sites (tertiary alicyclic amines) is 1. The molecule has 2 heterocycles. The van der Waals surface area contributed by atoms with Crippen molar-refractivity contribution in [1.82, 2.24) is 4.90 Å². The summed E-state index contributed by atoms with van der Waals surface area (Å²) < 4.78 is 18.2. The molecule has 2 saturated heterocycles. The molecule has 2 aliphatic rings. The maximum absolute atomic E-state index is 13.4. The lowest BCUT2D eigenvalue weighted by Gasteiger charge is -2.24. The molecule has 0 aromatic heterocycles. The Balaban J connectivity index is 1.73. The highest BCUT2D eigenvalue weighted by molar-refractivity contribution is 5.96. The molecule has 5 nitrogen and oxygen atoms in total. The van der Waals surface area contributed by atoms with Crippen molar-refractivity contribution in [3.63, 3.8) is 0 Å². The highest BCUT2D eigenvalue weighted by atomic mass is 19.1. The molecule has 1 aromatic carbocycles. The average molecular weight is 306 g/mol. The first-order valence-corrected chi connectivity index (χ1v) is 7.36. The molecule has 1 aromatic rings. The highest BCUT2D eigenvalue weighted by Crippen LogP contribution is 2.41. The van der Waals surface area contributed by atoms with Gasteiger partial charge in [-0.1, -0.05) is 6.07 Å². The molecule has 22 heavy (non-hydrogen) atoms. The van der Waals surface area contributed by atoms with Crippen LogP contribution in [0.5, 0.6) is 0 Å². The van der Waals surface area contributed by atoms with E-state index < -0.39 is 0 Å². The molecule has 0 saturated carbocycles. The fourth-order valence-corrected chi connectivity index (χ4v) is 3.41. The Morgan fingerprint density at radius 2 is 2.23 bits per heavy atom. The van der Waals surface area contributed by atoms with E-state index in [1.54, 1.807) is 21.9 Å². The standard InChI is InChI=1S/C16H19FN2O3/c1-22-9-15(21)18-6-5-16(10-18)8-14(20)19(11-16)13-4-2-3-12(17)7-13/h2-4,7H,5-6,8-11H2,1H3/t16-/m1/s1. The summed E-state index contributed by atoms with van der Waals surface area (Å²) in [5, 5.41) is 0. The third kappa shape index (κ3) is 2.70. The molecule has 2 aliphatic heterocycles.